The number of rotatable bonds is 4. The minimum atomic E-state index is -3.77. The van der Waals surface area contributed by atoms with Crippen LogP contribution in [0.25, 0.3) is 0 Å². The number of halogens is 3. The zero-order valence-electron chi connectivity index (χ0n) is 10.4. The lowest BCUT2D eigenvalue weighted by molar-refractivity contribution is -0.0113. The van der Waals surface area contributed by atoms with Crippen LogP contribution >= 0.6 is 42.5 Å². The summed E-state index contributed by atoms with van der Waals surface area (Å²) in [6.45, 7) is 1.20. The van der Waals surface area contributed by atoms with Gasteiger partial charge in [-0.2, -0.15) is 0 Å². The van der Waals surface area contributed by atoms with Gasteiger partial charge >= 0.3 is 0 Å². The smallest absolute Gasteiger partial charge is 0.261 e. The van der Waals surface area contributed by atoms with Gasteiger partial charge in [0.1, 0.15) is 12.4 Å². The molecule has 1 aromatic carbocycles. The second-order valence-electron chi connectivity index (χ2n) is 4.45. The van der Waals surface area contributed by atoms with Crippen molar-refractivity contribution in [3.8, 4) is 5.75 Å². The largest absolute Gasteiger partial charge is 0.489 e. The second-order valence-corrected chi connectivity index (χ2v) is 8.73. The molecule has 112 valence electrons. The van der Waals surface area contributed by atoms with Gasteiger partial charge < -0.3 is 9.47 Å². The number of hydrogen-bond donors (Lipinski definition) is 0. The molecule has 1 unspecified atom stereocenters. The van der Waals surface area contributed by atoms with Crippen molar-refractivity contribution in [2.45, 2.75) is 30.3 Å². The fraction of sp³-hybridized carbons (Fsp3) is 0.500. The number of ether oxygens (including phenoxy) is 2. The molecule has 1 aromatic rings. The van der Waals surface area contributed by atoms with Gasteiger partial charge in [-0.05, 0) is 63.3 Å². The van der Waals surface area contributed by atoms with Gasteiger partial charge in [0.15, 0.2) is 0 Å². The Balaban J connectivity index is 2.12. The summed E-state index contributed by atoms with van der Waals surface area (Å²) in [5, 5.41) is 0. The Morgan fingerprint density at radius 1 is 1.30 bits per heavy atom. The van der Waals surface area contributed by atoms with Gasteiger partial charge in [-0.1, -0.05) is 0 Å². The van der Waals surface area contributed by atoms with E-state index in [2.05, 4.69) is 31.9 Å². The zero-order chi connectivity index (χ0) is 14.8. The molecular formula is C12H13Br2ClO4S. The molecule has 0 aromatic heterocycles. The highest BCUT2D eigenvalue weighted by Crippen LogP contribution is 2.37. The van der Waals surface area contributed by atoms with Crippen molar-refractivity contribution in [3.63, 3.8) is 0 Å². The first-order chi connectivity index (χ1) is 9.38. The molecule has 20 heavy (non-hydrogen) atoms. The van der Waals surface area contributed by atoms with E-state index in [1.807, 2.05) is 0 Å². The van der Waals surface area contributed by atoms with Crippen molar-refractivity contribution in [2.75, 3.05) is 13.2 Å². The van der Waals surface area contributed by atoms with Crippen LogP contribution in [0.2, 0.25) is 0 Å². The Bertz CT molecular complexity index is 562. The second kappa shape index (κ2) is 6.96. The van der Waals surface area contributed by atoms with Crippen LogP contribution in [0.5, 0.6) is 5.75 Å². The van der Waals surface area contributed by atoms with Gasteiger partial charge in [-0.3, -0.25) is 0 Å². The SMILES string of the molecule is O=S(=O)(Cl)c1cc(Br)c(OCC2CCCCO2)c(Br)c1. The lowest BCUT2D eigenvalue weighted by atomic mass is 10.1. The third-order valence-electron chi connectivity index (χ3n) is 2.94. The van der Waals surface area contributed by atoms with E-state index in [-0.39, 0.29) is 11.0 Å². The van der Waals surface area contributed by atoms with Crippen LogP contribution in [0, 0.1) is 0 Å². The van der Waals surface area contributed by atoms with Crippen molar-refractivity contribution in [2.24, 2.45) is 0 Å². The minimum absolute atomic E-state index is 0.0131. The van der Waals surface area contributed by atoms with E-state index in [4.69, 9.17) is 20.2 Å². The van der Waals surface area contributed by atoms with Gasteiger partial charge in [-0.15, -0.1) is 0 Å². The van der Waals surface area contributed by atoms with Crippen LogP contribution in [0.3, 0.4) is 0 Å². The molecule has 1 fully saturated rings. The van der Waals surface area contributed by atoms with E-state index in [0.717, 1.165) is 25.9 Å². The van der Waals surface area contributed by atoms with Gasteiger partial charge in [0, 0.05) is 17.3 Å². The van der Waals surface area contributed by atoms with Gasteiger partial charge in [0.25, 0.3) is 9.05 Å². The summed E-state index contributed by atoms with van der Waals surface area (Å²) < 4.78 is 35.0. The standard InChI is InChI=1S/C12H13Br2ClO4S/c13-10-5-9(20(15,16)17)6-11(14)12(10)19-7-8-3-1-2-4-18-8/h5-6,8H,1-4,7H2. The predicted octanol–water partition coefficient (Wildman–Crippen LogP) is 4.09. The van der Waals surface area contributed by atoms with Crippen molar-refractivity contribution < 1.29 is 17.9 Å². The first kappa shape index (κ1) is 16.5. The molecule has 1 saturated heterocycles. The molecule has 8 heteroatoms. The molecule has 0 bridgehead atoms. The lowest BCUT2D eigenvalue weighted by Crippen LogP contribution is -2.25. The monoisotopic (exact) mass is 446 g/mol. The van der Waals surface area contributed by atoms with E-state index in [0.29, 0.717) is 21.3 Å². The average molecular weight is 449 g/mol. The molecule has 1 aliphatic heterocycles. The first-order valence-electron chi connectivity index (χ1n) is 6.06. The van der Waals surface area contributed by atoms with Crippen LogP contribution in [-0.2, 0) is 13.8 Å². The van der Waals surface area contributed by atoms with Crippen molar-refractivity contribution >= 4 is 51.6 Å². The highest BCUT2D eigenvalue weighted by molar-refractivity contribution is 9.11. The van der Waals surface area contributed by atoms with E-state index >= 15 is 0 Å². The van der Waals surface area contributed by atoms with Crippen LogP contribution in [-0.4, -0.2) is 27.7 Å². The molecule has 0 spiro atoms. The van der Waals surface area contributed by atoms with E-state index < -0.39 is 9.05 Å². The van der Waals surface area contributed by atoms with E-state index in [1.165, 1.54) is 12.1 Å². The van der Waals surface area contributed by atoms with Crippen LogP contribution in [0.4, 0.5) is 0 Å². The predicted molar refractivity (Wildman–Crippen MR) is 84.0 cm³/mol. The molecule has 1 aliphatic rings. The van der Waals surface area contributed by atoms with E-state index in [1.54, 1.807) is 0 Å². The van der Waals surface area contributed by atoms with Crippen LogP contribution in [0.1, 0.15) is 19.3 Å². The first-order valence-corrected chi connectivity index (χ1v) is 9.95. The van der Waals surface area contributed by atoms with Gasteiger partial charge in [0.2, 0.25) is 0 Å². The molecule has 0 saturated carbocycles. The molecule has 1 heterocycles. The molecule has 0 N–H and O–H groups in total. The molecule has 0 radical (unpaired) electrons. The van der Waals surface area contributed by atoms with Gasteiger partial charge in [0.05, 0.1) is 19.9 Å². The number of benzene rings is 1. The summed E-state index contributed by atoms with van der Waals surface area (Å²) >= 11 is 6.59. The summed E-state index contributed by atoms with van der Waals surface area (Å²) in [6, 6.07) is 2.84. The third-order valence-corrected chi connectivity index (χ3v) is 5.45. The Morgan fingerprint density at radius 2 is 1.95 bits per heavy atom. The quantitative estimate of drug-likeness (QED) is 0.651. The highest BCUT2D eigenvalue weighted by atomic mass is 79.9. The summed E-state index contributed by atoms with van der Waals surface area (Å²) in [5.74, 6) is 0.545. The zero-order valence-corrected chi connectivity index (χ0v) is 15.2. The summed E-state index contributed by atoms with van der Waals surface area (Å²) in [7, 11) is 1.56. The normalized spacial score (nSPS) is 19.9. The Hall–Kier alpha value is 0.180. The summed E-state index contributed by atoms with van der Waals surface area (Å²) in [4.78, 5) is 0.0131. The maximum Gasteiger partial charge on any atom is 0.261 e. The molecule has 4 nitrogen and oxygen atoms in total. The molecule has 0 aliphatic carbocycles. The van der Waals surface area contributed by atoms with Gasteiger partial charge in [-0.25, -0.2) is 8.42 Å². The summed E-state index contributed by atoms with van der Waals surface area (Å²) in [6.07, 6.45) is 3.29. The van der Waals surface area contributed by atoms with Crippen LogP contribution in [0.15, 0.2) is 26.0 Å². The number of hydrogen-bond acceptors (Lipinski definition) is 4. The molecule has 1 atom stereocenters. The average Bonchev–Trinajstić information content (AvgIpc) is 2.37. The topological polar surface area (TPSA) is 52.6 Å². The Kier molecular flexibility index (Phi) is 5.76. The lowest BCUT2D eigenvalue weighted by Gasteiger charge is -2.23. The van der Waals surface area contributed by atoms with E-state index in [9.17, 15) is 8.42 Å². The fourth-order valence-electron chi connectivity index (χ4n) is 1.93. The molecular weight excluding hydrogens is 435 g/mol. The minimum Gasteiger partial charge on any atom is -0.489 e. The maximum absolute atomic E-state index is 11.3. The summed E-state index contributed by atoms with van der Waals surface area (Å²) in [5.41, 5.74) is 0. The van der Waals surface area contributed by atoms with Crippen molar-refractivity contribution in [3.05, 3.63) is 21.1 Å². The highest BCUT2D eigenvalue weighted by Gasteiger charge is 2.19. The molecule has 0 amide bonds. The Morgan fingerprint density at radius 3 is 2.45 bits per heavy atom. The van der Waals surface area contributed by atoms with Crippen molar-refractivity contribution in [1.29, 1.82) is 0 Å². The Labute approximate surface area is 139 Å². The molecule has 2 rings (SSSR count). The van der Waals surface area contributed by atoms with Crippen LogP contribution < -0.4 is 4.74 Å². The van der Waals surface area contributed by atoms with Crippen molar-refractivity contribution in [1.82, 2.24) is 0 Å². The maximum atomic E-state index is 11.3. The third kappa shape index (κ3) is 4.34. The fourth-order valence-corrected chi connectivity index (χ4v) is 4.43.